The Bertz CT molecular complexity index is 1050. The average Bonchev–Trinajstić information content (AvgIpc) is 3.41. The third-order valence-corrected chi connectivity index (χ3v) is 8.41. The Morgan fingerprint density at radius 3 is 2.40 bits per heavy atom. The Kier molecular flexibility index (Phi) is 4.42. The van der Waals surface area contributed by atoms with Gasteiger partial charge in [-0.25, -0.2) is 0 Å². The van der Waals surface area contributed by atoms with E-state index in [9.17, 15) is 0 Å². The second-order valence-corrected chi connectivity index (χ2v) is 10.9. The van der Waals surface area contributed by atoms with Gasteiger partial charge in [-0.2, -0.15) is 0 Å². The second-order valence-electron chi connectivity index (χ2n) is 10.9. The van der Waals surface area contributed by atoms with Crippen molar-refractivity contribution in [2.45, 2.75) is 76.2 Å². The minimum absolute atomic E-state index is 0.00198. The van der Waals surface area contributed by atoms with Crippen molar-refractivity contribution in [2.24, 2.45) is 5.92 Å². The molecule has 0 amide bonds. The van der Waals surface area contributed by atoms with E-state index in [4.69, 9.17) is 5.73 Å². The van der Waals surface area contributed by atoms with Gasteiger partial charge in [0.15, 0.2) is 0 Å². The van der Waals surface area contributed by atoms with Crippen molar-refractivity contribution in [1.29, 1.82) is 0 Å². The van der Waals surface area contributed by atoms with Crippen molar-refractivity contribution in [1.82, 2.24) is 0 Å². The van der Waals surface area contributed by atoms with Crippen LogP contribution in [0.2, 0.25) is 0 Å². The maximum Gasteiger partial charge on any atom is 0.114 e. The lowest BCUT2D eigenvalue weighted by Crippen LogP contribution is -2.72. The largest absolute Gasteiger partial charge is 0.349 e. The third kappa shape index (κ3) is 2.94. The molecular formula is C29H36N+. The van der Waals surface area contributed by atoms with E-state index in [0.717, 1.165) is 19.3 Å². The van der Waals surface area contributed by atoms with Gasteiger partial charge in [0.05, 0.1) is 0 Å². The Hall–Kier alpha value is -2.12. The smallest absolute Gasteiger partial charge is 0.114 e. The number of benzene rings is 2. The molecule has 0 spiro atoms. The van der Waals surface area contributed by atoms with Crippen molar-refractivity contribution >= 4 is 0 Å². The summed E-state index contributed by atoms with van der Waals surface area (Å²) in [6.07, 6.45) is 10.7. The molecule has 156 valence electrons. The minimum atomic E-state index is -0.00198. The average molecular weight is 399 g/mol. The molecule has 1 saturated carbocycles. The summed E-state index contributed by atoms with van der Waals surface area (Å²) in [4.78, 5) is 0. The van der Waals surface area contributed by atoms with Crippen LogP contribution in [0.3, 0.4) is 0 Å². The van der Waals surface area contributed by atoms with Gasteiger partial charge in [0.1, 0.15) is 5.54 Å². The van der Waals surface area contributed by atoms with Gasteiger partial charge in [-0.1, -0.05) is 74.5 Å². The quantitative estimate of drug-likeness (QED) is 0.660. The molecule has 0 radical (unpaired) electrons. The molecule has 5 rings (SSSR count). The summed E-state index contributed by atoms with van der Waals surface area (Å²) in [6, 6.07) is 18.3. The Morgan fingerprint density at radius 1 is 0.933 bits per heavy atom. The number of quaternary nitrogens is 1. The zero-order chi connectivity index (χ0) is 21.1. The minimum Gasteiger partial charge on any atom is -0.349 e. The van der Waals surface area contributed by atoms with Crippen LogP contribution in [-0.4, -0.2) is 5.54 Å². The van der Waals surface area contributed by atoms with Crippen LogP contribution in [0.1, 0.15) is 68.7 Å². The van der Waals surface area contributed by atoms with Crippen molar-refractivity contribution in [3.63, 3.8) is 0 Å². The molecule has 3 N–H and O–H groups in total. The molecule has 0 aliphatic heterocycles. The summed E-state index contributed by atoms with van der Waals surface area (Å²) in [5, 5.41) is 0. The lowest BCUT2D eigenvalue weighted by atomic mass is 9.68. The zero-order valence-corrected chi connectivity index (χ0v) is 19.1. The first-order valence-electron chi connectivity index (χ1n) is 11.7. The highest BCUT2D eigenvalue weighted by molar-refractivity contribution is 5.54. The van der Waals surface area contributed by atoms with Gasteiger partial charge in [-0.05, 0) is 78.8 Å². The van der Waals surface area contributed by atoms with E-state index in [-0.39, 0.29) is 16.4 Å². The highest BCUT2D eigenvalue weighted by Crippen LogP contribution is 2.63. The number of hydrogen-bond donors (Lipinski definition) is 1. The molecule has 0 aromatic heterocycles. The molecule has 2 aromatic carbocycles. The van der Waals surface area contributed by atoms with Gasteiger partial charge in [-0.15, -0.1) is 0 Å². The predicted molar refractivity (Wildman–Crippen MR) is 125 cm³/mol. The van der Waals surface area contributed by atoms with Gasteiger partial charge in [0.25, 0.3) is 0 Å². The van der Waals surface area contributed by atoms with Crippen molar-refractivity contribution in [3.8, 4) is 0 Å². The first-order chi connectivity index (χ1) is 14.3. The van der Waals surface area contributed by atoms with Gasteiger partial charge in [-0.3, -0.25) is 0 Å². The first kappa shape index (κ1) is 19.8. The summed E-state index contributed by atoms with van der Waals surface area (Å²) in [6.45, 7) is 9.56. The van der Waals surface area contributed by atoms with E-state index >= 15 is 0 Å². The zero-order valence-electron chi connectivity index (χ0n) is 19.1. The molecule has 0 heterocycles. The Balaban J connectivity index is 1.71. The van der Waals surface area contributed by atoms with Crippen LogP contribution in [-0.2, 0) is 17.3 Å². The van der Waals surface area contributed by atoms with E-state index in [1.807, 2.05) is 0 Å². The maximum absolute atomic E-state index is 4.83. The fourth-order valence-electron chi connectivity index (χ4n) is 6.59. The van der Waals surface area contributed by atoms with Crippen LogP contribution >= 0.6 is 0 Å². The lowest BCUT2D eigenvalue weighted by Gasteiger charge is -2.36. The molecule has 1 nitrogen and oxygen atoms in total. The van der Waals surface area contributed by atoms with Crippen molar-refractivity contribution in [3.05, 3.63) is 94.1 Å². The summed E-state index contributed by atoms with van der Waals surface area (Å²) in [5.41, 5.74) is 14.3. The molecular weight excluding hydrogens is 362 g/mol. The van der Waals surface area contributed by atoms with E-state index in [0.29, 0.717) is 5.92 Å². The maximum atomic E-state index is 4.83. The summed E-state index contributed by atoms with van der Waals surface area (Å²) >= 11 is 0. The Morgan fingerprint density at radius 2 is 1.63 bits per heavy atom. The van der Waals surface area contributed by atoms with Crippen molar-refractivity contribution in [2.75, 3.05) is 0 Å². The van der Waals surface area contributed by atoms with Crippen LogP contribution in [0, 0.1) is 12.8 Å². The van der Waals surface area contributed by atoms with Crippen molar-refractivity contribution < 1.29 is 5.73 Å². The molecule has 3 aliphatic carbocycles. The van der Waals surface area contributed by atoms with Gasteiger partial charge >= 0.3 is 0 Å². The number of rotatable bonds is 2. The van der Waals surface area contributed by atoms with Gasteiger partial charge in [0, 0.05) is 17.3 Å². The number of fused-ring (bicyclic) bond motifs is 3. The van der Waals surface area contributed by atoms with E-state index in [1.54, 1.807) is 11.1 Å². The van der Waals surface area contributed by atoms with Crippen LogP contribution in [0.4, 0.5) is 0 Å². The molecule has 3 aliphatic rings. The molecule has 1 heteroatoms. The van der Waals surface area contributed by atoms with E-state index in [2.05, 4.69) is 88.4 Å². The molecule has 0 bridgehead atoms. The van der Waals surface area contributed by atoms with Gasteiger partial charge < -0.3 is 5.73 Å². The van der Waals surface area contributed by atoms with Crippen LogP contribution in [0.25, 0.3) is 0 Å². The van der Waals surface area contributed by atoms with E-state index in [1.165, 1.54) is 35.1 Å². The van der Waals surface area contributed by atoms with Crippen LogP contribution < -0.4 is 5.73 Å². The van der Waals surface area contributed by atoms with Crippen LogP contribution in [0.15, 0.2) is 71.8 Å². The standard InChI is InChI=1S/C29H35N/c1-20-11-5-6-12-21(20)17-29-19-22(29)18-28(4,30)25-15-9-7-13-23(25)27(2,3)24-14-8-10-16-26(24)29/h5-8,10-14,16,22H,9,15,17-19,30H2,1-4H3/p+1/t22-,28-,29+/m1/s1. The molecule has 3 atom stereocenters. The number of hydrogen-bond acceptors (Lipinski definition) is 0. The topological polar surface area (TPSA) is 27.6 Å². The normalized spacial score (nSPS) is 31.7. The fraction of sp³-hybridized carbons (Fsp3) is 0.448. The molecule has 0 unspecified atom stereocenters. The predicted octanol–water partition coefficient (Wildman–Crippen LogP) is 5.82. The lowest BCUT2D eigenvalue weighted by molar-refractivity contribution is -0.460. The third-order valence-electron chi connectivity index (χ3n) is 8.41. The first-order valence-corrected chi connectivity index (χ1v) is 11.7. The monoisotopic (exact) mass is 398 g/mol. The number of allylic oxidation sites excluding steroid dienone is 3. The van der Waals surface area contributed by atoms with Crippen LogP contribution in [0.5, 0.6) is 0 Å². The highest BCUT2D eigenvalue weighted by atomic mass is 14.8. The second kappa shape index (κ2) is 6.69. The Labute approximate surface area is 182 Å². The summed E-state index contributed by atoms with van der Waals surface area (Å²) in [5.74, 6) is 0.703. The highest BCUT2D eigenvalue weighted by Gasteiger charge is 2.59. The summed E-state index contributed by atoms with van der Waals surface area (Å²) < 4.78 is 0. The van der Waals surface area contributed by atoms with E-state index < -0.39 is 0 Å². The number of aryl methyl sites for hydroxylation is 1. The fourth-order valence-corrected chi connectivity index (χ4v) is 6.59. The molecule has 30 heavy (non-hydrogen) atoms. The molecule has 2 aromatic rings. The SMILES string of the molecule is Cc1ccccc1C[C@]12C[C@H]1C[C@@](C)([NH3+])C1=C(C=CCC1)C(C)(C)c1ccccc12. The van der Waals surface area contributed by atoms with Gasteiger partial charge in [0.2, 0.25) is 0 Å². The molecule has 0 saturated heterocycles. The summed E-state index contributed by atoms with van der Waals surface area (Å²) in [7, 11) is 0. The molecule has 1 fully saturated rings.